The molecule has 0 heterocycles. The molecule has 0 aliphatic carbocycles. The molecule has 2 aromatic carbocycles. The first-order valence-corrected chi connectivity index (χ1v) is 7.72. The molecule has 0 spiro atoms. The Morgan fingerprint density at radius 1 is 1.19 bits per heavy atom. The normalized spacial score (nSPS) is 11.3. The van der Waals surface area contributed by atoms with Crippen LogP contribution in [0.15, 0.2) is 47.4 Å². The summed E-state index contributed by atoms with van der Waals surface area (Å²) in [5.74, 6) is -0.349. The van der Waals surface area contributed by atoms with Crippen molar-refractivity contribution in [2.24, 2.45) is 0 Å². The van der Waals surface area contributed by atoms with Crippen LogP contribution in [0.25, 0.3) is 0 Å². The Bertz CT molecular complexity index is 748. The van der Waals surface area contributed by atoms with Gasteiger partial charge in [-0.05, 0) is 31.3 Å². The van der Waals surface area contributed by atoms with Crippen LogP contribution >= 0.6 is 0 Å². The van der Waals surface area contributed by atoms with E-state index in [-0.39, 0.29) is 17.3 Å². The second kappa shape index (κ2) is 6.11. The number of hydrogen-bond donors (Lipinski definition) is 3. The number of halogens is 1. The number of nitrogen functional groups attached to an aromatic ring is 1. The highest BCUT2D eigenvalue weighted by atomic mass is 32.2. The van der Waals surface area contributed by atoms with Crippen molar-refractivity contribution in [1.29, 1.82) is 0 Å². The number of nitrogens with two attached hydrogens (primary N) is 1. The first-order chi connectivity index (χ1) is 9.94. The molecule has 0 aromatic heterocycles. The summed E-state index contributed by atoms with van der Waals surface area (Å²) in [6.07, 6.45) is 0. The Kier molecular flexibility index (Phi) is 4.44. The summed E-state index contributed by atoms with van der Waals surface area (Å²) in [7, 11) is -2.33. The third-order valence-electron chi connectivity index (χ3n) is 2.99. The zero-order valence-electron chi connectivity index (χ0n) is 11.4. The van der Waals surface area contributed by atoms with E-state index in [1.165, 1.54) is 19.2 Å². The summed E-state index contributed by atoms with van der Waals surface area (Å²) in [6, 6.07) is 10.8. The minimum Gasteiger partial charge on any atom is -0.399 e. The lowest BCUT2D eigenvalue weighted by atomic mass is 10.2. The van der Waals surface area contributed by atoms with Crippen molar-refractivity contribution in [3.8, 4) is 0 Å². The number of nitrogens with one attached hydrogen (secondary N) is 2. The second-order valence-corrected chi connectivity index (χ2v) is 6.26. The van der Waals surface area contributed by atoms with E-state index in [1.807, 2.05) is 0 Å². The van der Waals surface area contributed by atoms with Gasteiger partial charge in [-0.25, -0.2) is 17.5 Å². The van der Waals surface area contributed by atoms with E-state index in [2.05, 4.69) is 10.0 Å². The quantitative estimate of drug-likeness (QED) is 0.737. The number of sulfonamides is 1. The maximum absolute atomic E-state index is 13.6. The van der Waals surface area contributed by atoms with Crippen LogP contribution in [-0.2, 0) is 16.6 Å². The lowest BCUT2D eigenvalue weighted by Gasteiger charge is -2.13. The van der Waals surface area contributed by atoms with E-state index in [4.69, 9.17) is 5.73 Å². The maximum Gasteiger partial charge on any atom is 0.242 e. The highest BCUT2D eigenvalue weighted by Crippen LogP contribution is 2.24. The molecular formula is C14H16FN3O2S. The fourth-order valence-corrected chi connectivity index (χ4v) is 2.79. The summed E-state index contributed by atoms with van der Waals surface area (Å²) < 4.78 is 39.7. The Morgan fingerprint density at radius 2 is 1.90 bits per heavy atom. The van der Waals surface area contributed by atoms with Crippen LogP contribution in [0, 0.1) is 5.82 Å². The summed E-state index contributed by atoms with van der Waals surface area (Å²) >= 11 is 0. The lowest BCUT2D eigenvalue weighted by Crippen LogP contribution is -2.20. The molecule has 2 rings (SSSR count). The van der Waals surface area contributed by atoms with E-state index < -0.39 is 10.0 Å². The van der Waals surface area contributed by atoms with Crippen molar-refractivity contribution in [2.75, 3.05) is 18.1 Å². The van der Waals surface area contributed by atoms with Crippen molar-refractivity contribution >= 4 is 21.4 Å². The Labute approximate surface area is 123 Å². The van der Waals surface area contributed by atoms with Crippen molar-refractivity contribution < 1.29 is 12.8 Å². The third kappa shape index (κ3) is 3.50. The summed E-state index contributed by atoms with van der Waals surface area (Å²) in [6.45, 7) is 0.169. The van der Waals surface area contributed by atoms with Gasteiger partial charge in [-0.1, -0.05) is 18.2 Å². The summed E-state index contributed by atoms with van der Waals surface area (Å²) in [5.41, 5.74) is 6.77. The first kappa shape index (κ1) is 15.3. The van der Waals surface area contributed by atoms with Gasteiger partial charge in [0, 0.05) is 17.8 Å². The number of benzene rings is 2. The Hall–Kier alpha value is -2.12. The molecule has 0 bridgehead atoms. The fraction of sp³-hybridized carbons (Fsp3) is 0.143. The number of rotatable bonds is 5. The minimum atomic E-state index is -3.65. The largest absolute Gasteiger partial charge is 0.399 e. The highest BCUT2D eigenvalue weighted by Gasteiger charge is 2.17. The Balaban J connectivity index is 2.31. The van der Waals surface area contributed by atoms with Crippen LogP contribution < -0.4 is 15.8 Å². The Morgan fingerprint density at radius 3 is 2.57 bits per heavy atom. The molecule has 4 N–H and O–H groups in total. The summed E-state index contributed by atoms with van der Waals surface area (Å²) in [5, 5.41) is 2.92. The topological polar surface area (TPSA) is 84.2 Å². The fourth-order valence-electron chi connectivity index (χ4n) is 1.85. The zero-order chi connectivity index (χ0) is 15.5. The van der Waals surface area contributed by atoms with E-state index >= 15 is 0 Å². The van der Waals surface area contributed by atoms with Gasteiger partial charge in [0.05, 0.1) is 5.69 Å². The van der Waals surface area contributed by atoms with E-state index in [0.717, 1.165) is 0 Å². The van der Waals surface area contributed by atoms with Gasteiger partial charge in [-0.2, -0.15) is 0 Å². The van der Waals surface area contributed by atoms with Crippen LogP contribution in [0.1, 0.15) is 5.56 Å². The third-order valence-corrected chi connectivity index (χ3v) is 4.45. The summed E-state index contributed by atoms with van der Waals surface area (Å²) in [4.78, 5) is 0.0290. The molecule has 0 aliphatic heterocycles. The molecule has 21 heavy (non-hydrogen) atoms. The van der Waals surface area contributed by atoms with Crippen LogP contribution in [0.5, 0.6) is 0 Å². The molecule has 0 radical (unpaired) electrons. The molecule has 112 valence electrons. The van der Waals surface area contributed by atoms with Crippen LogP contribution in [0.3, 0.4) is 0 Å². The molecule has 7 heteroatoms. The predicted molar refractivity (Wildman–Crippen MR) is 80.8 cm³/mol. The standard InChI is InChI=1S/C14H16FN3O2S/c1-17-21(19,20)14-8-11(16)6-7-13(14)18-9-10-4-2-3-5-12(10)15/h2-8,17-18H,9,16H2,1H3. The number of hydrogen-bond acceptors (Lipinski definition) is 4. The maximum atomic E-state index is 13.6. The average Bonchev–Trinajstić information content (AvgIpc) is 2.47. The first-order valence-electron chi connectivity index (χ1n) is 6.24. The number of anilines is 2. The molecule has 0 unspecified atom stereocenters. The van der Waals surface area contributed by atoms with Gasteiger partial charge in [0.2, 0.25) is 10.0 Å². The molecule has 0 saturated heterocycles. The average molecular weight is 309 g/mol. The lowest BCUT2D eigenvalue weighted by molar-refractivity contribution is 0.588. The van der Waals surface area contributed by atoms with Gasteiger partial charge in [-0.15, -0.1) is 0 Å². The second-order valence-electron chi connectivity index (χ2n) is 4.41. The van der Waals surface area contributed by atoms with E-state index in [9.17, 15) is 12.8 Å². The predicted octanol–water partition coefficient (Wildman–Crippen LogP) is 1.93. The minimum absolute atomic E-state index is 0.0290. The highest BCUT2D eigenvalue weighted by molar-refractivity contribution is 7.89. The monoisotopic (exact) mass is 309 g/mol. The van der Waals surface area contributed by atoms with Crippen LogP contribution in [0.4, 0.5) is 15.8 Å². The van der Waals surface area contributed by atoms with Crippen LogP contribution in [-0.4, -0.2) is 15.5 Å². The molecule has 0 atom stereocenters. The molecule has 5 nitrogen and oxygen atoms in total. The zero-order valence-corrected chi connectivity index (χ0v) is 12.2. The van der Waals surface area contributed by atoms with E-state index in [1.54, 1.807) is 30.3 Å². The van der Waals surface area contributed by atoms with Gasteiger partial charge >= 0.3 is 0 Å². The molecule has 0 aliphatic rings. The SMILES string of the molecule is CNS(=O)(=O)c1cc(N)ccc1NCc1ccccc1F. The molecule has 0 amide bonds. The van der Waals surface area contributed by atoms with Crippen LogP contribution in [0.2, 0.25) is 0 Å². The van der Waals surface area contributed by atoms with Gasteiger partial charge in [0.25, 0.3) is 0 Å². The van der Waals surface area contributed by atoms with Gasteiger partial charge < -0.3 is 11.1 Å². The smallest absolute Gasteiger partial charge is 0.242 e. The van der Waals surface area contributed by atoms with Crippen molar-refractivity contribution in [3.63, 3.8) is 0 Å². The molecule has 0 saturated carbocycles. The van der Waals surface area contributed by atoms with Crippen molar-refractivity contribution in [3.05, 3.63) is 53.8 Å². The van der Waals surface area contributed by atoms with E-state index in [0.29, 0.717) is 16.9 Å². The van der Waals surface area contributed by atoms with Gasteiger partial charge in [-0.3, -0.25) is 0 Å². The molecular weight excluding hydrogens is 293 g/mol. The van der Waals surface area contributed by atoms with Crippen molar-refractivity contribution in [1.82, 2.24) is 4.72 Å². The molecule has 2 aromatic rings. The van der Waals surface area contributed by atoms with Gasteiger partial charge in [0.15, 0.2) is 0 Å². The van der Waals surface area contributed by atoms with Crippen molar-refractivity contribution in [2.45, 2.75) is 11.4 Å². The molecule has 0 fully saturated rings. The van der Waals surface area contributed by atoms with Gasteiger partial charge in [0.1, 0.15) is 10.7 Å².